The minimum absolute atomic E-state index is 0.146. The van der Waals surface area contributed by atoms with Gasteiger partial charge in [-0.15, -0.1) is 6.58 Å². The summed E-state index contributed by atoms with van der Waals surface area (Å²) in [6, 6.07) is 7.23. The first-order valence-corrected chi connectivity index (χ1v) is 5.26. The van der Waals surface area contributed by atoms with Crippen LogP contribution < -0.4 is 5.32 Å². The summed E-state index contributed by atoms with van der Waals surface area (Å²) in [4.78, 5) is 14.7. The molecule has 0 aliphatic heterocycles. The van der Waals surface area contributed by atoms with Gasteiger partial charge in [0.05, 0.1) is 0 Å². The van der Waals surface area contributed by atoms with Crippen LogP contribution in [0.2, 0.25) is 5.02 Å². The van der Waals surface area contributed by atoms with E-state index >= 15 is 0 Å². The largest absolute Gasteiger partial charge is 0.351 e. The van der Waals surface area contributed by atoms with Crippen molar-refractivity contribution in [1.82, 2.24) is 10.3 Å². The summed E-state index contributed by atoms with van der Waals surface area (Å²) in [6.07, 6.45) is 1.64. The standard InChI is InChI=1S/C12H11ClN2O/c1-2-5-14-12(16)11-7-8-6-9(13)3-4-10(8)15-11/h2-4,6-7,15H,1,5H2,(H,14,16). The van der Waals surface area contributed by atoms with E-state index in [0.29, 0.717) is 17.3 Å². The van der Waals surface area contributed by atoms with Gasteiger partial charge in [0.1, 0.15) is 5.69 Å². The maximum Gasteiger partial charge on any atom is 0.267 e. The number of benzene rings is 1. The second kappa shape index (κ2) is 4.41. The second-order valence-corrected chi connectivity index (χ2v) is 3.85. The Morgan fingerprint density at radius 2 is 2.31 bits per heavy atom. The number of H-pyrrole nitrogens is 1. The molecule has 2 aromatic rings. The lowest BCUT2D eigenvalue weighted by Gasteiger charge is -1.97. The molecule has 0 fully saturated rings. The van der Waals surface area contributed by atoms with Gasteiger partial charge >= 0.3 is 0 Å². The van der Waals surface area contributed by atoms with Gasteiger partial charge in [-0.1, -0.05) is 17.7 Å². The van der Waals surface area contributed by atoms with Crippen molar-refractivity contribution in [3.8, 4) is 0 Å². The quantitative estimate of drug-likeness (QED) is 0.788. The molecule has 3 nitrogen and oxygen atoms in total. The summed E-state index contributed by atoms with van der Waals surface area (Å²) in [5, 5.41) is 4.29. The van der Waals surface area contributed by atoms with E-state index in [1.807, 2.05) is 12.1 Å². The second-order valence-electron chi connectivity index (χ2n) is 3.41. The van der Waals surface area contributed by atoms with Crippen LogP contribution in [0.3, 0.4) is 0 Å². The molecule has 2 N–H and O–H groups in total. The summed E-state index contributed by atoms with van der Waals surface area (Å²) >= 11 is 5.86. The molecular formula is C12H11ClN2O. The lowest BCUT2D eigenvalue weighted by molar-refractivity contribution is 0.0954. The van der Waals surface area contributed by atoms with Gasteiger partial charge in [0.15, 0.2) is 0 Å². The van der Waals surface area contributed by atoms with Crippen molar-refractivity contribution >= 4 is 28.4 Å². The molecule has 0 aliphatic carbocycles. The fraction of sp³-hybridized carbons (Fsp3) is 0.0833. The zero-order chi connectivity index (χ0) is 11.5. The molecule has 82 valence electrons. The molecule has 1 aromatic heterocycles. The lowest BCUT2D eigenvalue weighted by Crippen LogP contribution is -2.23. The minimum Gasteiger partial charge on any atom is -0.351 e. The van der Waals surface area contributed by atoms with Crippen molar-refractivity contribution < 1.29 is 4.79 Å². The zero-order valence-electron chi connectivity index (χ0n) is 8.59. The van der Waals surface area contributed by atoms with Gasteiger partial charge in [0, 0.05) is 22.5 Å². The van der Waals surface area contributed by atoms with Gasteiger partial charge in [-0.25, -0.2) is 0 Å². The molecule has 1 amide bonds. The molecule has 0 radical (unpaired) electrons. The smallest absolute Gasteiger partial charge is 0.267 e. The average molecular weight is 235 g/mol. The van der Waals surface area contributed by atoms with E-state index in [4.69, 9.17) is 11.6 Å². The predicted octanol–water partition coefficient (Wildman–Crippen LogP) is 2.74. The van der Waals surface area contributed by atoms with Crippen LogP contribution >= 0.6 is 11.6 Å². The number of fused-ring (bicyclic) bond motifs is 1. The number of rotatable bonds is 3. The molecule has 0 saturated heterocycles. The van der Waals surface area contributed by atoms with Crippen LogP contribution in [0.15, 0.2) is 36.9 Å². The van der Waals surface area contributed by atoms with Crippen LogP contribution in [0.25, 0.3) is 10.9 Å². The first-order valence-electron chi connectivity index (χ1n) is 4.88. The van der Waals surface area contributed by atoms with E-state index in [1.54, 1.807) is 18.2 Å². The Bertz CT molecular complexity index is 545. The Labute approximate surface area is 98.1 Å². The maximum atomic E-state index is 11.6. The van der Waals surface area contributed by atoms with Gasteiger partial charge < -0.3 is 10.3 Å². The van der Waals surface area contributed by atoms with Crippen LogP contribution in [-0.2, 0) is 0 Å². The first-order chi connectivity index (χ1) is 7.70. The van der Waals surface area contributed by atoms with Crippen molar-refractivity contribution in [2.45, 2.75) is 0 Å². The van der Waals surface area contributed by atoms with Crippen LogP contribution in [-0.4, -0.2) is 17.4 Å². The highest BCUT2D eigenvalue weighted by Crippen LogP contribution is 2.19. The third-order valence-electron chi connectivity index (χ3n) is 2.23. The molecule has 0 bridgehead atoms. The number of hydrogen-bond donors (Lipinski definition) is 2. The Kier molecular flexibility index (Phi) is 2.97. The van der Waals surface area contributed by atoms with Gasteiger partial charge in [-0.05, 0) is 24.3 Å². The highest BCUT2D eigenvalue weighted by molar-refractivity contribution is 6.31. The zero-order valence-corrected chi connectivity index (χ0v) is 9.34. The fourth-order valence-corrected chi connectivity index (χ4v) is 1.67. The third-order valence-corrected chi connectivity index (χ3v) is 2.47. The molecule has 16 heavy (non-hydrogen) atoms. The van der Waals surface area contributed by atoms with Crippen molar-refractivity contribution in [2.24, 2.45) is 0 Å². The summed E-state index contributed by atoms with van der Waals surface area (Å²) in [6.45, 7) is 3.99. The number of hydrogen-bond acceptors (Lipinski definition) is 1. The first kappa shape index (κ1) is 10.8. The molecule has 0 saturated carbocycles. The predicted molar refractivity (Wildman–Crippen MR) is 65.8 cm³/mol. The summed E-state index contributed by atoms with van der Waals surface area (Å²) in [7, 11) is 0. The Morgan fingerprint density at radius 3 is 3.06 bits per heavy atom. The molecule has 0 aliphatic rings. The number of nitrogens with one attached hydrogen (secondary N) is 2. The van der Waals surface area contributed by atoms with Gasteiger partial charge in [-0.3, -0.25) is 4.79 Å². The normalized spacial score (nSPS) is 10.3. The maximum absolute atomic E-state index is 11.6. The molecule has 1 aromatic carbocycles. The number of carbonyl (C=O) groups excluding carboxylic acids is 1. The minimum atomic E-state index is -0.146. The van der Waals surface area contributed by atoms with Gasteiger partial charge in [0.25, 0.3) is 5.91 Å². The van der Waals surface area contributed by atoms with Crippen LogP contribution in [0.5, 0.6) is 0 Å². The Balaban J connectivity index is 2.32. The molecule has 1 heterocycles. The summed E-state index contributed by atoms with van der Waals surface area (Å²) in [5.74, 6) is -0.146. The number of aromatic amines is 1. The van der Waals surface area contributed by atoms with Crippen LogP contribution in [0, 0.1) is 0 Å². The van der Waals surface area contributed by atoms with E-state index in [2.05, 4.69) is 16.9 Å². The van der Waals surface area contributed by atoms with Crippen LogP contribution in [0.4, 0.5) is 0 Å². The van der Waals surface area contributed by atoms with Crippen molar-refractivity contribution in [3.63, 3.8) is 0 Å². The molecule has 0 atom stereocenters. The topological polar surface area (TPSA) is 44.9 Å². The third kappa shape index (κ3) is 2.09. The number of halogens is 1. The summed E-state index contributed by atoms with van der Waals surface area (Å²) < 4.78 is 0. The van der Waals surface area contributed by atoms with Crippen LogP contribution in [0.1, 0.15) is 10.5 Å². The number of carbonyl (C=O) groups is 1. The average Bonchev–Trinajstić information content (AvgIpc) is 2.68. The molecule has 4 heteroatoms. The van der Waals surface area contributed by atoms with Gasteiger partial charge in [0.2, 0.25) is 0 Å². The van der Waals surface area contributed by atoms with E-state index in [0.717, 1.165) is 10.9 Å². The van der Waals surface area contributed by atoms with E-state index in [9.17, 15) is 4.79 Å². The van der Waals surface area contributed by atoms with Crippen molar-refractivity contribution in [1.29, 1.82) is 0 Å². The Hall–Kier alpha value is -1.74. The monoisotopic (exact) mass is 234 g/mol. The number of aromatic nitrogens is 1. The molecule has 0 spiro atoms. The fourth-order valence-electron chi connectivity index (χ4n) is 1.49. The van der Waals surface area contributed by atoms with Crippen molar-refractivity contribution in [2.75, 3.05) is 6.54 Å². The Morgan fingerprint density at radius 1 is 1.50 bits per heavy atom. The lowest BCUT2D eigenvalue weighted by atomic mass is 10.2. The van der Waals surface area contributed by atoms with Gasteiger partial charge in [-0.2, -0.15) is 0 Å². The molecule has 0 unspecified atom stereocenters. The highest BCUT2D eigenvalue weighted by atomic mass is 35.5. The highest BCUT2D eigenvalue weighted by Gasteiger charge is 2.08. The molecular weight excluding hydrogens is 224 g/mol. The van der Waals surface area contributed by atoms with E-state index < -0.39 is 0 Å². The SMILES string of the molecule is C=CCNC(=O)c1cc2cc(Cl)ccc2[nH]1. The van der Waals surface area contributed by atoms with E-state index in [1.165, 1.54) is 0 Å². The summed E-state index contributed by atoms with van der Waals surface area (Å²) in [5.41, 5.74) is 1.42. The van der Waals surface area contributed by atoms with Crippen molar-refractivity contribution in [3.05, 3.63) is 47.6 Å². The molecule has 2 rings (SSSR count). The van der Waals surface area contributed by atoms with E-state index in [-0.39, 0.29) is 5.91 Å². The number of amides is 1.